The van der Waals surface area contributed by atoms with Gasteiger partial charge in [0.25, 0.3) is 0 Å². The predicted molar refractivity (Wildman–Crippen MR) is 94.9 cm³/mol. The van der Waals surface area contributed by atoms with E-state index >= 15 is 0 Å². The van der Waals surface area contributed by atoms with Crippen LogP contribution in [0.2, 0.25) is 0 Å². The molecule has 0 fully saturated rings. The molecular formula is C19H23N3O2. The zero-order chi connectivity index (χ0) is 17.1. The van der Waals surface area contributed by atoms with Crippen LogP contribution in [-0.4, -0.2) is 23.5 Å². The second kappa shape index (κ2) is 7.01. The highest BCUT2D eigenvalue weighted by atomic mass is 16.5. The second-order valence-electron chi connectivity index (χ2n) is 6.23. The van der Waals surface area contributed by atoms with E-state index in [1.54, 1.807) is 6.07 Å². The molecule has 0 bridgehead atoms. The third kappa shape index (κ3) is 3.41. The van der Waals surface area contributed by atoms with Gasteiger partial charge in [0.1, 0.15) is 11.6 Å². The van der Waals surface area contributed by atoms with Gasteiger partial charge < -0.3 is 15.8 Å². The zero-order valence-corrected chi connectivity index (χ0v) is 14.1. The molecule has 0 saturated heterocycles. The Kier molecular flexibility index (Phi) is 4.81. The van der Waals surface area contributed by atoms with Crippen molar-refractivity contribution >= 4 is 11.7 Å². The highest BCUT2D eigenvalue weighted by molar-refractivity contribution is 5.94. The largest absolute Gasteiger partial charge is 0.493 e. The van der Waals surface area contributed by atoms with Gasteiger partial charge in [-0.05, 0) is 41.8 Å². The van der Waals surface area contributed by atoms with E-state index in [4.69, 9.17) is 10.5 Å². The number of nitrogens with zero attached hydrogens (tertiary/aromatic N) is 1. The summed E-state index contributed by atoms with van der Waals surface area (Å²) in [6, 6.07) is 11.1. The molecule has 5 nitrogen and oxygen atoms in total. The van der Waals surface area contributed by atoms with E-state index in [2.05, 4.69) is 16.4 Å². The minimum atomic E-state index is -0.530. The van der Waals surface area contributed by atoms with Crippen LogP contribution in [0.15, 0.2) is 36.4 Å². The molecule has 0 aliphatic carbocycles. The average molecular weight is 325 g/mol. The van der Waals surface area contributed by atoms with E-state index in [-0.39, 0.29) is 11.8 Å². The summed E-state index contributed by atoms with van der Waals surface area (Å²) in [6.07, 6.45) is 1.78. The molecule has 126 valence electrons. The number of rotatable bonds is 5. The standard InChI is InChI=1S/C19H23N3O2/c1-3-12(2)18(20)19(23)22-17-6-4-5-15(21-17)13-7-8-16-14(11-13)9-10-24-16/h4-8,11-12,18H,3,9-10,20H2,1-2H3,(H,21,22,23). The molecule has 2 heterocycles. The number of ether oxygens (including phenoxy) is 1. The lowest BCUT2D eigenvalue weighted by Gasteiger charge is -2.17. The molecule has 1 aromatic heterocycles. The Hall–Kier alpha value is -2.40. The molecule has 24 heavy (non-hydrogen) atoms. The number of nitrogens with one attached hydrogen (secondary N) is 1. The zero-order valence-electron chi connectivity index (χ0n) is 14.1. The number of nitrogens with two attached hydrogens (primary N) is 1. The Balaban J connectivity index is 1.78. The van der Waals surface area contributed by atoms with Crippen molar-refractivity contribution < 1.29 is 9.53 Å². The van der Waals surface area contributed by atoms with Crippen LogP contribution in [0.3, 0.4) is 0 Å². The summed E-state index contributed by atoms with van der Waals surface area (Å²) in [5.41, 5.74) is 9.01. The maximum absolute atomic E-state index is 12.2. The van der Waals surface area contributed by atoms with Crippen molar-refractivity contribution in [1.82, 2.24) is 4.98 Å². The van der Waals surface area contributed by atoms with Crippen molar-refractivity contribution in [2.24, 2.45) is 11.7 Å². The Morgan fingerprint density at radius 1 is 1.38 bits per heavy atom. The molecule has 1 aliphatic heterocycles. The highest BCUT2D eigenvalue weighted by Gasteiger charge is 2.20. The molecule has 2 unspecified atom stereocenters. The quantitative estimate of drug-likeness (QED) is 0.886. The van der Waals surface area contributed by atoms with Gasteiger partial charge in [0.15, 0.2) is 0 Å². The van der Waals surface area contributed by atoms with E-state index in [1.165, 1.54) is 5.56 Å². The maximum Gasteiger partial charge on any atom is 0.242 e. The predicted octanol–water partition coefficient (Wildman–Crippen LogP) is 3.00. The van der Waals surface area contributed by atoms with Gasteiger partial charge >= 0.3 is 0 Å². The van der Waals surface area contributed by atoms with Gasteiger partial charge in [-0.2, -0.15) is 0 Å². The number of aromatic nitrogens is 1. The summed E-state index contributed by atoms with van der Waals surface area (Å²) >= 11 is 0. The number of amides is 1. The molecule has 3 rings (SSSR count). The molecule has 0 spiro atoms. The summed E-state index contributed by atoms with van der Waals surface area (Å²) in [5.74, 6) is 1.40. The molecule has 1 amide bonds. The van der Waals surface area contributed by atoms with Gasteiger partial charge in [-0.3, -0.25) is 4.79 Å². The van der Waals surface area contributed by atoms with Crippen molar-refractivity contribution in [1.29, 1.82) is 0 Å². The monoisotopic (exact) mass is 325 g/mol. The number of hydrogen-bond donors (Lipinski definition) is 2. The van der Waals surface area contributed by atoms with Gasteiger partial charge in [0, 0.05) is 12.0 Å². The third-order valence-electron chi connectivity index (χ3n) is 4.55. The van der Waals surface area contributed by atoms with Gasteiger partial charge in [0.2, 0.25) is 5.91 Å². The number of fused-ring (bicyclic) bond motifs is 1. The smallest absolute Gasteiger partial charge is 0.242 e. The number of carbonyl (C=O) groups excluding carboxylic acids is 1. The van der Waals surface area contributed by atoms with Gasteiger partial charge in [-0.15, -0.1) is 0 Å². The lowest BCUT2D eigenvalue weighted by Crippen LogP contribution is -2.40. The highest BCUT2D eigenvalue weighted by Crippen LogP contribution is 2.30. The Morgan fingerprint density at radius 3 is 3.00 bits per heavy atom. The van der Waals surface area contributed by atoms with Crippen LogP contribution in [0.25, 0.3) is 11.3 Å². The Labute approximate surface area is 142 Å². The number of carbonyl (C=O) groups is 1. The van der Waals surface area contributed by atoms with E-state index in [9.17, 15) is 4.79 Å². The van der Waals surface area contributed by atoms with Crippen LogP contribution in [0.1, 0.15) is 25.8 Å². The SMILES string of the molecule is CCC(C)C(N)C(=O)Nc1cccc(-c2ccc3c(c2)CCO3)n1. The molecule has 3 N–H and O–H groups in total. The molecule has 0 saturated carbocycles. The lowest BCUT2D eigenvalue weighted by atomic mass is 9.99. The van der Waals surface area contributed by atoms with Gasteiger partial charge in [-0.1, -0.05) is 26.3 Å². The third-order valence-corrected chi connectivity index (χ3v) is 4.55. The fraction of sp³-hybridized carbons (Fsp3) is 0.368. The summed E-state index contributed by atoms with van der Waals surface area (Å²) in [7, 11) is 0. The van der Waals surface area contributed by atoms with Crippen molar-refractivity contribution in [3.8, 4) is 17.0 Å². The first kappa shape index (κ1) is 16.5. The van der Waals surface area contributed by atoms with Crippen LogP contribution in [0.4, 0.5) is 5.82 Å². The Morgan fingerprint density at radius 2 is 2.21 bits per heavy atom. The molecule has 2 aromatic rings. The minimum Gasteiger partial charge on any atom is -0.493 e. The van der Waals surface area contributed by atoms with Crippen molar-refractivity contribution in [3.63, 3.8) is 0 Å². The molecule has 0 radical (unpaired) electrons. The fourth-order valence-corrected chi connectivity index (χ4v) is 2.73. The molecular weight excluding hydrogens is 302 g/mol. The minimum absolute atomic E-state index is 0.130. The topological polar surface area (TPSA) is 77.2 Å². The number of benzene rings is 1. The molecule has 1 aliphatic rings. The van der Waals surface area contributed by atoms with Crippen molar-refractivity contribution in [2.75, 3.05) is 11.9 Å². The number of anilines is 1. The number of pyridine rings is 1. The first-order valence-corrected chi connectivity index (χ1v) is 8.38. The first-order valence-electron chi connectivity index (χ1n) is 8.38. The fourth-order valence-electron chi connectivity index (χ4n) is 2.73. The van der Waals surface area contributed by atoms with Gasteiger partial charge in [0.05, 0.1) is 18.3 Å². The molecule has 5 heteroatoms. The van der Waals surface area contributed by atoms with Crippen LogP contribution >= 0.6 is 0 Å². The molecule has 1 aromatic carbocycles. The summed E-state index contributed by atoms with van der Waals surface area (Å²) in [4.78, 5) is 16.8. The normalized spacial score (nSPS) is 15.3. The maximum atomic E-state index is 12.2. The summed E-state index contributed by atoms with van der Waals surface area (Å²) < 4.78 is 5.53. The first-order chi connectivity index (χ1) is 11.6. The van der Waals surface area contributed by atoms with Crippen LogP contribution in [0.5, 0.6) is 5.75 Å². The second-order valence-corrected chi connectivity index (χ2v) is 6.23. The summed E-state index contributed by atoms with van der Waals surface area (Å²) in [6.45, 7) is 4.73. The van der Waals surface area contributed by atoms with Crippen LogP contribution in [0, 0.1) is 5.92 Å². The van der Waals surface area contributed by atoms with Crippen molar-refractivity contribution in [3.05, 3.63) is 42.0 Å². The van der Waals surface area contributed by atoms with E-state index in [0.29, 0.717) is 5.82 Å². The van der Waals surface area contributed by atoms with Crippen LogP contribution < -0.4 is 15.8 Å². The lowest BCUT2D eigenvalue weighted by molar-refractivity contribution is -0.118. The molecule has 2 atom stereocenters. The van der Waals surface area contributed by atoms with Crippen LogP contribution in [-0.2, 0) is 11.2 Å². The van der Waals surface area contributed by atoms with E-state index in [1.807, 2.05) is 38.1 Å². The van der Waals surface area contributed by atoms with E-state index in [0.717, 1.165) is 36.5 Å². The Bertz CT molecular complexity index is 745. The average Bonchev–Trinajstić information content (AvgIpc) is 3.08. The van der Waals surface area contributed by atoms with Gasteiger partial charge in [-0.25, -0.2) is 4.98 Å². The van der Waals surface area contributed by atoms with E-state index < -0.39 is 6.04 Å². The van der Waals surface area contributed by atoms with Crippen molar-refractivity contribution in [2.45, 2.75) is 32.7 Å². The number of hydrogen-bond acceptors (Lipinski definition) is 4. The summed E-state index contributed by atoms with van der Waals surface area (Å²) in [5, 5.41) is 2.82.